The number of ether oxygens (including phenoxy) is 5. The van der Waals surface area contributed by atoms with E-state index in [-0.39, 0.29) is 34.7 Å². The highest BCUT2D eigenvalue weighted by molar-refractivity contribution is 9.09. The third-order valence-electron chi connectivity index (χ3n) is 3.44. The maximum atomic E-state index is 11.6. The molecule has 17 heteroatoms. The minimum atomic E-state index is -1.11. The van der Waals surface area contributed by atoms with E-state index in [4.69, 9.17) is 42.9 Å². The van der Waals surface area contributed by atoms with Crippen molar-refractivity contribution >= 4 is 80.9 Å². The topological polar surface area (TPSA) is 206 Å². The number of carbonyl (C=O) groups excluding carboxylic acids is 5. The van der Waals surface area contributed by atoms with E-state index < -0.39 is 42.6 Å². The number of aromatic carboxylic acids is 1. The SMILES string of the molecule is CC(=O)O.CC(=O)OCCl.CC(=O)OCOC(=O)c1ccccc1OC(C)=O.CC(=O)Oc1ccccc1C(=O)O.ClCBr. The van der Waals surface area contributed by atoms with Crippen molar-refractivity contribution in [2.45, 2.75) is 34.6 Å². The molecular weight excluding hydrogens is 699 g/mol. The second-order valence-electron chi connectivity index (χ2n) is 7.04. The Hall–Kier alpha value is -4.21. The van der Waals surface area contributed by atoms with Crippen LogP contribution in [0.4, 0.5) is 0 Å². The van der Waals surface area contributed by atoms with Gasteiger partial charge in [0.05, 0.1) is 4.79 Å². The van der Waals surface area contributed by atoms with Crippen LogP contribution in [0.1, 0.15) is 55.3 Å². The molecule has 0 bridgehead atoms. The fraction of sp³-hybridized carbons (Fsp3) is 0.296. The normalized spacial score (nSPS) is 8.64. The lowest BCUT2D eigenvalue weighted by Gasteiger charge is -2.08. The largest absolute Gasteiger partial charge is 0.481 e. The van der Waals surface area contributed by atoms with Gasteiger partial charge in [0.1, 0.15) is 22.6 Å². The number of hydrogen-bond donors (Lipinski definition) is 2. The summed E-state index contributed by atoms with van der Waals surface area (Å²) in [4.78, 5) is 73.4. The van der Waals surface area contributed by atoms with Crippen LogP contribution in [0.3, 0.4) is 0 Å². The van der Waals surface area contributed by atoms with Crippen molar-refractivity contribution < 1.29 is 67.5 Å². The average molecular weight is 730 g/mol. The zero-order valence-electron chi connectivity index (χ0n) is 24.2. The zero-order chi connectivity index (χ0) is 34.7. The third kappa shape index (κ3) is 27.9. The molecule has 0 spiro atoms. The van der Waals surface area contributed by atoms with Gasteiger partial charge in [-0.15, -0.1) is 11.6 Å². The fourth-order valence-corrected chi connectivity index (χ4v) is 2.24. The van der Waals surface area contributed by atoms with Crippen LogP contribution in [-0.2, 0) is 38.2 Å². The number of benzene rings is 2. The summed E-state index contributed by atoms with van der Waals surface area (Å²) < 4.78 is 22.9. The number of halogens is 3. The molecule has 14 nitrogen and oxygen atoms in total. The summed E-state index contributed by atoms with van der Waals surface area (Å²) in [6, 6.07) is 12.0. The summed E-state index contributed by atoms with van der Waals surface area (Å²) in [6.45, 7) is 5.55. The first kappa shape index (κ1) is 44.2. The minimum Gasteiger partial charge on any atom is -0.481 e. The number of carboxylic acid groups (broad SMARTS) is 2. The molecule has 44 heavy (non-hydrogen) atoms. The summed E-state index contributed by atoms with van der Waals surface area (Å²) in [5.74, 6) is -4.50. The number of carboxylic acids is 2. The van der Waals surface area contributed by atoms with Gasteiger partial charge in [0.25, 0.3) is 5.97 Å². The lowest BCUT2D eigenvalue weighted by molar-refractivity contribution is -0.149. The van der Waals surface area contributed by atoms with E-state index in [1.165, 1.54) is 52.0 Å². The summed E-state index contributed by atoms with van der Waals surface area (Å²) >= 11 is 12.8. The van der Waals surface area contributed by atoms with Crippen LogP contribution in [0.2, 0.25) is 0 Å². The zero-order valence-corrected chi connectivity index (χ0v) is 27.3. The van der Waals surface area contributed by atoms with Crippen LogP contribution >= 0.6 is 39.1 Å². The molecule has 0 aliphatic carbocycles. The lowest BCUT2D eigenvalue weighted by Crippen LogP contribution is -2.13. The van der Waals surface area contributed by atoms with Gasteiger partial charge in [-0.3, -0.25) is 24.0 Å². The first-order valence-electron chi connectivity index (χ1n) is 11.6. The van der Waals surface area contributed by atoms with Crippen molar-refractivity contribution in [2.75, 3.05) is 17.6 Å². The van der Waals surface area contributed by atoms with E-state index in [2.05, 4.69) is 34.9 Å². The first-order chi connectivity index (χ1) is 20.5. The molecule has 0 radical (unpaired) electrons. The number of aliphatic carboxylic acids is 1. The Morgan fingerprint density at radius 2 is 1.00 bits per heavy atom. The van der Waals surface area contributed by atoms with Crippen molar-refractivity contribution in [1.29, 1.82) is 0 Å². The Morgan fingerprint density at radius 3 is 1.32 bits per heavy atom. The molecule has 2 N–H and O–H groups in total. The Kier molecular flexibility index (Phi) is 27.8. The summed E-state index contributed by atoms with van der Waals surface area (Å²) in [5.41, 5.74) is 0.0672. The molecule has 0 saturated heterocycles. The first-order valence-corrected chi connectivity index (χ1v) is 13.8. The van der Waals surface area contributed by atoms with Gasteiger partial charge < -0.3 is 33.9 Å². The van der Waals surface area contributed by atoms with Crippen LogP contribution in [-0.4, -0.2) is 69.6 Å². The van der Waals surface area contributed by atoms with Crippen LogP contribution in [0.25, 0.3) is 0 Å². The summed E-state index contributed by atoms with van der Waals surface area (Å²) in [7, 11) is 0. The highest BCUT2D eigenvalue weighted by Crippen LogP contribution is 2.19. The summed E-state index contributed by atoms with van der Waals surface area (Å²) in [5, 5.41) is 16.1. The standard InChI is InChI=1S/C12H12O6.C9H8O4.C3H5ClO2.C2H4O2.CH2BrCl/c1-8(13)16-7-17-12(15)10-5-3-4-6-11(10)18-9(2)14;1-6(10)13-8-5-3-2-4-7(8)9(11)12;1-3(5)6-2-4;1-2(3)4;2-1-3/h3-6H,7H2,1-2H3;2-5H,1H3,(H,11,12);2H2,1H3;1H3,(H,3,4);1H2. The molecule has 0 saturated carbocycles. The van der Waals surface area contributed by atoms with E-state index in [1.54, 1.807) is 24.3 Å². The van der Waals surface area contributed by atoms with Crippen molar-refractivity contribution in [3.05, 3.63) is 59.7 Å². The van der Waals surface area contributed by atoms with Gasteiger partial charge in [0.15, 0.2) is 6.07 Å². The Morgan fingerprint density at radius 1 is 0.636 bits per heavy atom. The van der Waals surface area contributed by atoms with Gasteiger partial charge in [-0.05, 0) is 24.3 Å². The molecule has 2 aromatic rings. The molecule has 0 aliphatic heterocycles. The highest BCUT2D eigenvalue weighted by atomic mass is 79.9. The quantitative estimate of drug-likeness (QED) is 0.166. The second kappa shape index (κ2) is 27.6. The van der Waals surface area contributed by atoms with E-state index in [0.29, 0.717) is 4.79 Å². The lowest BCUT2D eigenvalue weighted by atomic mass is 10.2. The Balaban J connectivity index is -0.000000560. The number of carbonyl (C=O) groups is 7. The molecule has 244 valence electrons. The molecule has 2 rings (SSSR count). The predicted molar refractivity (Wildman–Crippen MR) is 160 cm³/mol. The van der Waals surface area contributed by atoms with Crippen LogP contribution in [0.5, 0.6) is 11.5 Å². The van der Waals surface area contributed by atoms with E-state index in [0.717, 1.165) is 6.92 Å². The molecule has 2 aromatic carbocycles. The number of hydrogen-bond acceptors (Lipinski definition) is 12. The van der Waals surface area contributed by atoms with Crippen molar-refractivity contribution in [1.82, 2.24) is 0 Å². The van der Waals surface area contributed by atoms with E-state index >= 15 is 0 Å². The molecule has 0 unspecified atom stereocenters. The molecule has 0 fully saturated rings. The van der Waals surface area contributed by atoms with E-state index in [9.17, 15) is 28.8 Å². The van der Waals surface area contributed by atoms with Gasteiger partial charge in [-0.1, -0.05) is 51.8 Å². The maximum Gasteiger partial charge on any atom is 0.344 e. The van der Waals surface area contributed by atoms with Gasteiger partial charge in [-0.2, -0.15) is 0 Å². The molecule has 0 atom stereocenters. The van der Waals surface area contributed by atoms with Crippen LogP contribution < -0.4 is 9.47 Å². The third-order valence-corrected chi connectivity index (χ3v) is 3.55. The number of esters is 5. The summed E-state index contributed by atoms with van der Waals surface area (Å²) in [6.07, 6.45) is 0. The van der Waals surface area contributed by atoms with Crippen molar-refractivity contribution in [2.24, 2.45) is 0 Å². The molecule has 0 aromatic heterocycles. The fourth-order valence-electron chi connectivity index (χ4n) is 2.09. The van der Waals surface area contributed by atoms with Crippen molar-refractivity contribution in [3.8, 4) is 11.5 Å². The van der Waals surface area contributed by atoms with Crippen LogP contribution in [0, 0.1) is 0 Å². The van der Waals surface area contributed by atoms with E-state index in [1.807, 2.05) is 0 Å². The Bertz CT molecular complexity index is 1220. The maximum absolute atomic E-state index is 11.6. The van der Waals surface area contributed by atoms with Gasteiger partial charge >= 0.3 is 35.8 Å². The monoisotopic (exact) mass is 728 g/mol. The predicted octanol–water partition coefficient (Wildman–Crippen LogP) is 5.01. The average Bonchev–Trinajstić information content (AvgIpc) is 2.89. The van der Waals surface area contributed by atoms with Crippen molar-refractivity contribution in [3.63, 3.8) is 0 Å². The molecule has 0 aliphatic rings. The molecular formula is C27H31BrCl2O14. The minimum absolute atomic E-state index is 0.0160. The smallest absolute Gasteiger partial charge is 0.344 e. The molecule has 0 amide bonds. The second-order valence-corrected chi connectivity index (χ2v) is 8.73. The Labute approximate surface area is 271 Å². The van der Waals surface area contributed by atoms with Gasteiger partial charge in [-0.25, -0.2) is 9.59 Å². The van der Waals surface area contributed by atoms with Crippen LogP contribution in [0.15, 0.2) is 48.5 Å². The van der Waals surface area contributed by atoms with Gasteiger partial charge in [0.2, 0.25) is 6.79 Å². The van der Waals surface area contributed by atoms with Gasteiger partial charge in [0, 0.05) is 34.6 Å². The number of para-hydroxylation sites is 2. The molecule has 0 heterocycles. The number of rotatable bonds is 7. The highest BCUT2D eigenvalue weighted by Gasteiger charge is 2.15. The number of alkyl halides is 3.